The minimum absolute atomic E-state index is 0. The molecule has 0 unspecified atom stereocenters. The molecule has 1 aliphatic rings. The van der Waals surface area contributed by atoms with Crippen molar-refractivity contribution < 1.29 is 62.2 Å². The van der Waals surface area contributed by atoms with Crippen LogP contribution < -0.4 is 34.7 Å². The van der Waals surface area contributed by atoms with E-state index >= 15 is 0 Å². The summed E-state index contributed by atoms with van der Waals surface area (Å²) in [5.74, 6) is -1.06. The van der Waals surface area contributed by atoms with E-state index in [4.69, 9.17) is 14.3 Å². The van der Waals surface area contributed by atoms with Gasteiger partial charge in [0.2, 0.25) is 0 Å². The molecule has 1 aromatic carbocycles. The minimum Gasteiger partial charge on any atom is -0.546 e. The van der Waals surface area contributed by atoms with Crippen LogP contribution in [0.15, 0.2) is 40.1 Å². The van der Waals surface area contributed by atoms with Crippen LogP contribution in [-0.4, -0.2) is 44.9 Å². The molecule has 29 heavy (non-hydrogen) atoms. The van der Waals surface area contributed by atoms with Crippen molar-refractivity contribution in [3.05, 3.63) is 35.6 Å². The van der Waals surface area contributed by atoms with Crippen molar-refractivity contribution >= 4 is 27.3 Å². The van der Waals surface area contributed by atoms with E-state index in [1.807, 2.05) is 27.7 Å². The molecule has 0 saturated heterocycles. The number of carbonyl (C=O) groups excluding carboxylic acids is 1. The Hall–Kier alpha value is -1.55. The quantitative estimate of drug-likeness (QED) is 0.362. The van der Waals surface area contributed by atoms with E-state index in [0.29, 0.717) is 23.3 Å². The normalized spacial score (nSPS) is 20.4. The fraction of sp³-hybridized carbons (Fsp3) is 0.474. The number of carboxylic acid groups (broad SMARTS) is 1. The maximum absolute atomic E-state index is 11.7. The van der Waals surface area contributed by atoms with E-state index in [0.717, 1.165) is 6.26 Å². The zero-order valence-electron chi connectivity index (χ0n) is 17.5. The molecular formula is C19H24NNaO7S. The smallest absolute Gasteiger partial charge is 0.546 e. The Morgan fingerprint density at radius 3 is 2.31 bits per heavy atom. The molecule has 0 aliphatic carbocycles. The van der Waals surface area contributed by atoms with Crippen molar-refractivity contribution in [3.8, 4) is 0 Å². The zero-order valence-corrected chi connectivity index (χ0v) is 20.3. The summed E-state index contributed by atoms with van der Waals surface area (Å²) < 4.78 is 35.3. The van der Waals surface area contributed by atoms with Crippen molar-refractivity contribution in [2.75, 3.05) is 12.9 Å². The summed E-state index contributed by atoms with van der Waals surface area (Å²) in [4.78, 5) is 15.6. The topological polar surface area (TPSA) is 114 Å². The van der Waals surface area contributed by atoms with Gasteiger partial charge in [0, 0.05) is 6.26 Å². The van der Waals surface area contributed by atoms with Crippen molar-refractivity contribution in [3.63, 3.8) is 0 Å². The molecule has 0 spiro atoms. The van der Waals surface area contributed by atoms with Crippen LogP contribution in [0.5, 0.6) is 0 Å². The first kappa shape index (κ1) is 25.5. The third kappa shape index (κ3) is 6.21. The predicted molar refractivity (Wildman–Crippen MR) is 101 cm³/mol. The second-order valence-corrected chi connectivity index (χ2v) is 8.91. The summed E-state index contributed by atoms with van der Waals surface area (Å²) in [7, 11) is -3.32. The Morgan fingerprint density at radius 2 is 1.86 bits per heavy atom. The van der Waals surface area contributed by atoms with Crippen LogP contribution in [0.25, 0.3) is 5.57 Å². The number of carbonyl (C=O) groups is 1. The average molecular weight is 433 g/mol. The second kappa shape index (κ2) is 9.97. The molecule has 0 bridgehead atoms. The number of ether oxygens (including phenoxy) is 2. The van der Waals surface area contributed by atoms with Gasteiger partial charge in [0.15, 0.2) is 22.2 Å². The Balaban J connectivity index is 0.00000420. The summed E-state index contributed by atoms with van der Waals surface area (Å²) in [6, 6.07) is 6.39. The van der Waals surface area contributed by atoms with Crippen molar-refractivity contribution in [2.45, 2.75) is 50.7 Å². The first-order valence-corrected chi connectivity index (χ1v) is 10.7. The fourth-order valence-corrected chi connectivity index (χ4v) is 3.39. The van der Waals surface area contributed by atoms with Gasteiger partial charge in [-0.3, -0.25) is 0 Å². The zero-order chi connectivity index (χ0) is 21.1. The SMILES string of the molecule is CC[C@]1(C)OC(=NOCC(=O)[O-])C(OC(C)C)=C1c1ccc(S(C)(=O)=O)cc1.[Na+]. The van der Waals surface area contributed by atoms with Gasteiger partial charge in [-0.1, -0.05) is 19.1 Å². The number of hydrogen-bond acceptors (Lipinski definition) is 8. The maximum atomic E-state index is 11.7. The molecule has 1 heterocycles. The largest absolute Gasteiger partial charge is 1.00 e. The molecule has 0 N–H and O–H groups in total. The van der Waals surface area contributed by atoms with Gasteiger partial charge < -0.3 is 24.2 Å². The van der Waals surface area contributed by atoms with E-state index in [9.17, 15) is 18.3 Å². The third-order valence-corrected chi connectivity index (χ3v) is 5.33. The van der Waals surface area contributed by atoms with E-state index in [2.05, 4.69) is 5.16 Å². The van der Waals surface area contributed by atoms with E-state index in [-0.39, 0.29) is 46.5 Å². The van der Waals surface area contributed by atoms with Gasteiger partial charge in [-0.25, -0.2) is 8.42 Å². The minimum atomic E-state index is -3.32. The summed E-state index contributed by atoms with van der Waals surface area (Å²) in [6.45, 7) is 6.71. The second-order valence-electron chi connectivity index (χ2n) is 6.90. The van der Waals surface area contributed by atoms with Crippen LogP contribution in [0.1, 0.15) is 39.7 Å². The molecule has 2 rings (SSSR count). The van der Waals surface area contributed by atoms with Gasteiger partial charge in [-0.2, -0.15) is 0 Å². The Morgan fingerprint density at radius 1 is 1.28 bits per heavy atom. The van der Waals surface area contributed by atoms with Gasteiger partial charge in [0.05, 0.1) is 22.5 Å². The third-order valence-electron chi connectivity index (χ3n) is 4.20. The van der Waals surface area contributed by atoms with Crippen molar-refractivity contribution in [1.82, 2.24) is 0 Å². The molecule has 0 saturated carbocycles. The van der Waals surface area contributed by atoms with Crippen LogP contribution in [0.2, 0.25) is 0 Å². The molecule has 154 valence electrons. The van der Waals surface area contributed by atoms with Gasteiger partial charge in [0.1, 0.15) is 5.60 Å². The van der Waals surface area contributed by atoms with Crippen LogP contribution >= 0.6 is 0 Å². The van der Waals surface area contributed by atoms with E-state index in [1.165, 1.54) is 12.1 Å². The molecule has 1 aliphatic heterocycles. The number of hydrogen-bond donors (Lipinski definition) is 0. The first-order chi connectivity index (χ1) is 13.0. The summed E-state index contributed by atoms with van der Waals surface area (Å²) in [6.07, 6.45) is 1.48. The van der Waals surface area contributed by atoms with Gasteiger partial charge >= 0.3 is 29.6 Å². The number of rotatable bonds is 8. The van der Waals surface area contributed by atoms with Crippen molar-refractivity contribution in [1.29, 1.82) is 0 Å². The van der Waals surface area contributed by atoms with Crippen LogP contribution in [0, 0.1) is 0 Å². The van der Waals surface area contributed by atoms with E-state index < -0.39 is 28.0 Å². The standard InChI is InChI=1S/C19H25NO7S.Na/c1-6-19(4)16(13-7-9-14(10-8-13)28(5,23)24)17(26-12(2)3)18(27-19)20-25-11-15(21)22;/h7-10,12H,6,11H2,1-5H3,(H,21,22);/q;+1/p-1/t19-;/m0./s1. The van der Waals surface area contributed by atoms with Crippen LogP contribution in [0.4, 0.5) is 0 Å². The molecule has 0 radical (unpaired) electrons. The fourth-order valence-electron chi connectivity index (χ4n) is 2.76. The first-order valence-electron chi connectivity index (χ1n) is 8.79. The van der Waals surface area contributed by atoms with Crippen LogP contribution in [-0.2, 0) is 28.9 Å². The molecule has 0 fully saturated rings. The molecular weight excluding hydrogens is 409 g/mol. The number of carboxylic acids is 1. The van der Waals surface area contributed by atoms with Crippen LogP contribution in [0.3, 0.4) is 0 Å². The monoisotopic (exact) mass is 433 g/mol. The van der Waals surface area contributed by atoms with Gasteiger partial charge in [0.25, 0.3) is 5.90 Å². The maximum Gasteiger partial charge on any atom is 1.00 e. The predicted octanol–water partition coefficient (Wildman–Crippen LogP) is -1.49. The summed E-state index contributed by atoms with van der Waals surface area (Å²) in [5, 5.41) is 14.3. The average Bonchev–Trinajstić information content (AvgIpc) is 2.86. The summed E-state index contributed by atoms with van der Waals surface area (Å²) >= 11 is 0. The number of aliphatic carboxylic acids is 1. The molecule has 0 amide bonds. The van der Waals surface area contributed by atoms with E-state index in [1.54, 1.807) is 12.1 Å². The molecule has 8 nitrogen and oxygen atoms in total. The molecule has 1 aromatic rings. The molecule has 1 atom stereocenters. The van der Waals surface area contributed by atoms with Gasteiger partial charge in [-0.05, 0) is 50.0 Å². The number of nitrogens with zero attached hydrogens (tertiary/aromatic N) is 1. The van der Waals surface area contributed by atoms with Crippen molar-refractivity contribution in [2.24, 2.45) is 5.16 Å². The number of oxime groups is 1. The summed E-state index contributed by atoms with van der Waals surface area (Å²) in [5.41, 5.74) is 0.567. The Labute approximate surface area is 193 Å². The Bertz CT molecular complexity index is 907. The number of benzene rings is 1. The molecule has 10 heteroatoms. The Kier molecular flexibility index (Phi) is 8.76. The van der Waals surface area contributed by atoms with Gasteiger partial charge in [-0.15, -0.1) is 0 Å². The number of sulfone groups is 1. The molecule has 0 aromatic heterocycles.